The fourth-order valence-electron chi connectivity index (χ4n) is 2.06. The maximum Gasteiger partial charge on any atom is 0.0209 e. The average Bonchev–Trinajstić information content (AvgIpc) is 2.24. The van der Waals surface area contributed by atoms with E-state index in [1.54, 1.807) is 0 Å². The van der Waals surface area contributed by atoms with E-state index in [0.29, 0.717) is 11.6 Å². The summed E-state index contributed by atoms with van der Waals surface area (Å²) in [4.78, 5) is 2.54. The maximum atomic E-state index is 3.34. The zero-order valence-corrected chi connectivity index (χ0v) is 8.15. The van der Waals surface area contributed by atoms with Gasteiger partial charge in [0.2, 0.25) is 0 Å². The van der Waals surface area contributed by atoms with Crippen LogP contribution in [0.15, 0.2) is 0 Å². The SMILES string of the molecule is CCN1CC(NC)CC1(C)C. The summed E-state index contributed by atoms with van der Waals surface area (Å²) < 4.78 is 0. The molecule has 0 spiro atoms. The third-order valence-corrected chi connectivity index (χ3v) is 2.83. The van der Waals surface area contributed by atoms with Crippen molar-refractivity contribution in [2.24, 2.45) is 0 Å². The molecule has 1 rings (SSSR count). The summed E-state index contributed by atoms with van der Waals surface area (Å²) in [5.74, 6) is 0. The zero-order chi connectivity index (χ0) is 8.48. The Labute approximate surface area is 70.0 Å². The first-order chi connectivity index (χ1) is 5.10. The lowest BCUT2D eigenvalue weighted by Gasteiger charge is -2.29. The van der Waals surface area contributed by atoms with E-state index in [2.05, 4.69) is 38.0 Å². The molecule has 0 bridgehead atoms. The molecule has 0 saturated carbocycles. The molecule has 11 heavy (non-hydrogen) atoms. The highest BCUT2D eigenvalue weighted by molar-refractivity contribution is 4.94. The predicted octanol–water partition coefficient (Wildman–Crippen LogP) is 1.08. The molecule has 0 amide bonds. The largest absolute Gasteiger partial charge is 0.316 e. The third-order valence-electron chi connectivity index (χ3n) is 2.83. The second-order valence-corrected chi connectivity index (χ2v) is 4.04. The van der Waals surface area contributed by atoms with Crippen LogP contribution < -0.4 is 5.32 Å². The van der Waals surface area contributed by atoms with Crippen LogP contribution in [0.2, 0.25) is 0 Å². The number of likely N-dealkylation sites (tertiary alicyclic amines) is 1. The molecule has 0 aliphatic carbocycles. The van der Waals surface area contributed by atoms with Crippen molar-refractivity contribution in [3.63, 3.8) is 0 Å². The summed E-state index contributed by atoms with van der Waals surface area (Å²) in [6.07, 6.45) is 1.28. The minimum absolute atomic E-state index is 0.405. The Morgan fingerprint density at radius 1 is 1.55 bits per heavy atom. The molecule has 1 N–H and O–H groups in total. The van der Waals surface area contributed by atoms with Gasteiger partial charge in [-0.3, -0.25) is 4.90 Å². The number of rotatable bonds is 2. The molecule has 2 nitrogen and oxygen atoms in total. The number of hydrogen-bond acceptors (Lipinski definition) is 2. The highest BCUT2D eigenvalue weighted by atomic mass is 15.2. The normalized spacial score (nSPS) is 31.1. The van der Waals surface area contributed by atoms with Crippen LogP contribution in [0.25, 0.3) is 0 Å². The van der Waals surface area contributed by atoms with Gasteiger partial charge in [0, 0.05) is 18.1 Å². The van der Waals surface area contributed by atoms with Crippen LogP contribution in [0, 0.1) is 0 Å². The number of hydrogen-bond donors (Lipinski definition) is 1. The van der Waals surface area contributed by atoms with Crippen molar-refractivity contribution in [1.82, 2.24) is 10.2 Å². The Balaban J connectivity index is 2.55. The van der Waals surface area contributed by atoms with Crippen LogP contribution >= 0.6 is 0 Å². The molecule has 0 aromatic heterocycles. The highest BCUT2D eigenvalue weighted by Crippen LogP contribution is 2.27. The molecule has 1 unspecified atom stereocenters. The van der Waals surface area contributed by atoms with Crippen LogP contribution in [-0.4, -0.2) is 36.6 Å². The van der Waals surface area contributed by atoms with Gasteiger partial charge in [-0.1, -0.05) is 6.92 Å². The van der Waals surface area contributed by atoms with Crippen LogP contribution in [0.5, 0.6) is 0 Å². The van der Waals surface area contributed by atoms with Gasteiger partial charge in [-0.25, -0.2) is 0 Å². The second-order valence-electron chi connectivity index (χ2n) is 4.04. The van der Waals surface area contributed by atoms with Gasteiger partial charge in [-0.05, 0) is 33.9 Å². The van der Waals surface area contributed by atoms with Gasteiger partial charge in [0.1, 0.15) is 0 Å². The first kappa shape index (κ1) is 9.01. The van der Waals surface area contributed by atoms with E-state index in [9.17, 15) is 0 Å². The second kappa shape index (κ2) is 3.11. The molecule has 0 aromatic carbocycles. The lowest BCUT2D eigenvalue weighted by Crippen LogP contribution is -2.37. The average molecular weight is 156 g/mol. The van der Waals surface area contributed by atoms with Crippen LogP contribution in [0.1, 0.15) is 27.2 Å². The van der Waals surface area contributed by atoms with Crippen molar-refractivity contribution in [3.8, 4) is 0 Å². The Bertz CT molecular complexity index is 132. The van der Waals surface area contributed by atoms with Crippen molar-refractivity contribution in [2.45, 2.75) is 38.8 Å². The lowest BCUT2D eigenvalue weighted by atomic mass is 10.0. The number of likely N-dealkylation sites (N-methyl/N-ethyl adjacent to an activating group) is 2. The summed E-state index contributed by atoms with van der Waals surface area (Å²) in [6.45, 7) is 9.27. The Kier molecular flexibility index (Phi) is 2.55. The van der Waals surface area contributed by atoms with Crippen LogP contribution in [0.4, 0.5) is 0 Å². The summed E-state index contributed by atoms with van der Waals surface area (Å²) in [5.41, 5.74) is 0.405. The summed E-state index contributed by atoms with van der Waals surface area (Å²) >= 11 is 0. The molecule has 1 atom stereocenters. The van der Waals surface area contributed by atoms with Crippen molar-refractivity contribution < 1.29 is 0 Å². The lowest BCUT2D eigenvalue weighted by molar-refractivity contribution is 0.184. The monoisotopic (exact) mass is 156 g/mol. The zero-order valence-electron chi connectivity index (χ0n) is 8.15. The topological polar surface area (TPSA) is 15.3 Å². The van der Waals surface area contributed by atoms with Gasteiger partial charge in [-0.2, -0.15) is 0 Å². The molecular weight excluding hydrogens is 136 g/mol. The molecule has 0 aromatic rings. The van der Waals surface area contributed by atoms with Gasteiger partial charge >= 0.3 is 0 Å². The van der Waals surface area contributed by atoms with Crippen molar-refractivity contribution >= 4 is 0 Å². The van der Waals surface area contributed by atoms with Crippen molar-refractivity contribution in [1.29, 1.82) is 0 Å². The molecule has 66 valence electrons. The van der Waals surface area contributed by atoms with Crippen LogP contribution in [-0.2, 0) is 0 Å². The summed E-state index contributed by atoms with van der Waals surface area (Å²) in [5, 5.41) is 3.34. The molecule has 1 aliphatic rings. The maximum absolute atomic E-state index is 3.34. The van der Waals surface area contributed by atoms with Crippen molar-refractivity contribution in [3.05, 3.63) is 0 Å². The smallest absolute Gasteiger partial charge is 0.0209 e. The Hall–Kier alpha value is -0.0800. The van der Waals surface area contributed by atoms with Crippen molar-refractivity contribution in [2.75, 3.05) is 20.1 Å². The van der Waals surface area contributed by atoms with E-state index in [1.165, 1.54) is 19.5 Å². The predicted molar refractivity (Wildman–Crippen MR) is 48.8 cm³/mol. The van der Waals surface area contributed by atoms with E-state index in [-0.39, 0.29) is 0 Å². The van der Waals surface area contributed by atoms with Gasteiger partial charge in [0.25, 0.3) is 0 Å². The van der Waals surface area contributed by atoms with E-state index in [0.717, 1.165) is 0 Å². The molecule has 1 saturated heterocycles. The van der Waals surface area contributed by atoms with Gasteiger partial charge in [0.05, 0.1) is 0 Å². The summed E-state index contributed by atoms with van der Waals surface area (Å²) in [7, 11) is 2.06. The van der Waals surface area contributed by atoms with Crippen LogP contribution in [0.3, 0.4) is 0 Å². The molecular formula is C9H20N2. The number of nitrogens with zero attached hydrogens (tertiary/aromatic N) is 1. The van der Waals surface area contributed by atoms with Gasteiger partial charge in [0.15, 0.2) is 0 Å². The molecule has 0 radical (unpaired) electrons. The minimum Gasteiger partial charge on any atom is -0.316 e. The fraction of sp³-hybridized carbons (Fsp3) is 1.00. The molecule has 1 heterocycles. The summed E-state index contributed by atoms with van der Waals surface area (Å²) in [6, 6.07) is 0.699. The molecule has 1 aliphatic heterocycles. The number of nitrogens with one attached hydrogen (secondary N) is 1. The quantitative estimate of drug-likeness (QED) is 0.643. The van der Waals surface area contributed by atoms with E-state index in [4.69, 9.17) is 0 Å². The first-order valence-corrected chi connectivity index (χ1v) is 4.52. The Morgan fingerprint density at radius 2 is 2.18 bits per heavy atom. The van der Waals surface area contributed by atoms with E-state index >= 15 is 0 Å². The standard InChI is InChI=1S/C9H20N2/c1-5-11-7-8(10-4)6-9(11,2)3/h8,10H,5-7H2,1-4H3. The highest BCUT2D eigenvalue weighted by Gasteiger charge is 2.36. The fourth-order valence-corrected chi connectivity index (χ4v) is 2.06. The van der Waals surface area contributed by atoms with Gasteiger partial charge < -0.3 is 5.32 Å². The minimum atomic E-state index is 0.405. The van der Waals surface area contributed by atoms with E-state index in [1.807, 2.05) is 0 Å². The first-order valence-electron chi connectivity index (χ1n) is 4.52. The van der Waals surface area contributed by atoms with Gasteiger partial charge in [-0.15, -0.1) is 0 Å². The third kappa shape index (κ3) is 1.74. The Morgan fingerprint density at radius 3 is 2.45 bits per heavy atom. The van der Waals surface area contributed by atoms with E-state index < -0.39 is 0 Å². The molecule has 2 heteroatoms. The molecule has 1 fully saturated rings.